The Morgan fingerprint density at radius 2 is 1.88 bits per heavy atom. The molecule has 0 fully saturated rings. The number of thiophene rings is 1. The average molecular weight is 456 g/mol. The summed E-state index contributed by atoms with van der Waals surface area (Å²) < 4.78 is 7.22. The van der Waals surface area contributed by atoms with E-state index in [-0.39, 0.29) is 11.5 Å². The molecule has 2 N–H and O–H groups in total. The van der Waals surface area contributed by atoms with Gasteiger partial charge < -0.3 is 10.5 Å². The molecule has 0 saturated carbocycles. The van der Waals surface area contributed by atoms with Crippen LogP contribution in [0.1, 0.15) is 45.0 Å². The van der Waals surface area contributed by atoms with Crippen LogP contribution in [-0.2, 0) is 11.3 Å². The Morgan fingerprint density at radius 1 is 1.19 bits per heavy atom. The molecule has 170 valence electrons. The Bertz CT molecular complexity index is 1220. The van der Waals surface area contributed by atoms with Crippen LogP contribution in [0.3, 0.4) is 0 Å². The molecule has 0 atom stereocenters. The van der Waals surface area contributed by atoms with Gasteiger partial charge in [0.15, 0.2) is 0 Å². The van der Waals surface area contributed by atoms with Crippen LogP contribution in [0.25, 0.3) is 21.2 Å². The molecule has 0 spiro atoms. The molecular weight excluding hydrogens is 426 g/mol. The van der Waals surface area contributed by atoms with Gasteiger partial charge in [0.25, 0.3) is 5.56 Å². The number of fused-ring (bicyclic) bond motifs is 1. The van der Waals surface area contributed by atoms with Crippen LogP contribution in [0.5, 0.6) is 0 Å². The van der Waals surface area contributed by atoms with Crippen molar-refractivity contribution in [2.24, 2.45) is 11.7 Å². The second kappa shape index (κ2) is 8.78. The van der Waals surface area contributed by atoms with Crippen LogP contribution in [0.15, 0.2) is 40.5 Å². The Balaban J connectivity index is 2.45. The third-order valence-electron chi connectivity index (χ3n) is 4.83. The maximum atomic E-state index is 13.6. The van der Waals surface area contributed by atoms with Crippen molar-refractivity contribution in [2.75, 3.05) is 11.9 Å². The first-order chi connectivity index (χ1) is 14.9. The van der Waals surface area contributed by atoms with Gasteiger partial charge in [-0.05, 0) is 56.3 Å². The minimum atomic E-state index is -0.701. The Kier molecular flexibility index (Phi) is 6.46. The lowest BCUT2D eigenvalue weighted by atomic mass is 10.0. The minimum absolute atomic E-state index is 0.150. The summed E-state index contributed by atoms with van der Waals surface area (Å²) in [4.78, 5) is 40.7. The van der Waals surface area contributed by atoms with Crippen molar-refractivity contribution in [1.82, 2.24) is 4.57 Å². The molecule has 0 unspecified atom stereocenters. The molecule has 3 rings (SSSR count). The number of aromatic nitrogens is 1. The van der Waals surface area contributed by atoms with Gasteiger partial charge in [-0.25, -0.2) is 4.79 Å². The number of hydrogen-bond acceptors (Lipinski definition) is 5. The van der Waals surface area contributed by atoms with Crippen LogP contribution in [0, 0.1) is 5.92 Å². The molecule has 2 aromatic heterocycles. The van der Waals surface area contributed by atoms with Crippen molar-refractivity contribution in [3.63, 3.8) is 0 Å². The normalized spacial score (nSPS) is 11.7. The van der Waals surface area contributed by atoms with Gasteiger partial charge in [0.2, 0.25) is 5.91 Å². The molecule has 0 saturated heterocycles. The van der Waals surface area contributed by atoms with E-state index < -0.39 is 17.6 Å². The summed E-state index contributed by atoms with van der Waals surface area (Å²) in [7, 11) is 1.60. The largest absolute Gasteiger partial charge is 0.443 e. The molecule has 0 bridgehead atoms. The van der Waals surface area contributed by atoms with Crippen LogP contribution in [0.2, 0.25) is 0 Å². The first-order valence-electron chi connectivity index (χ1n) is 10.4. The van der Waals surface area contributed by atoms with E-state index in [2.05, 4.69) is 0 Å². The van der Waals surface area contributed by atoms with E-state index in [9.17, 15) is 14.4 Å². The highest BCUT2D eigenvalue weighted by atomic mass is 32.1. The van der Waals surface area contributed by atoms with E-state index >= 15 is 0 Å². The van der Waals surface area contributed by atoms with E-state index in [1.54, 1.807) is 50.6 Å². The van der Waals surface area contributed by atoms with Crippen molar-refractivity contribution < 1.29 is 14.3 Å². The first kappa shape index (κ1) is 23.5. The van der Waals surface area contributed by atoms with Crippen molar-refractivity contribution in [2.45, 2.75) is 46.8 Å². The fourth-order valence-electron chi connectivity index (χ4n) is 3.55. The third-order valence-corrected chi connectivity index (χ3v) is 5.72. The van der Waals surface area contributed by atoms with Gasteiger partial charge in [0, 0.05) is 40.4 Å². The lowest BCUT2D eigenvalue weighted by Crippen LogP contribution is -2.38. The topological polar surface area (TPSA) is 94.6 Å². The number of amides is 2. The second-order valence-corrected chi connectivity index (χ2v) is 10.1. The number of ether oxygens (including phenoxy) is 1. The van der Waals surface area contributed by atoms with Crippen LogP contribution < -0.4 is 16.2 Å². The summed E-state index contributed by atoms with van der Waals surface area (Å²) in [6, 6.07) is 8.64. The molecule has 7 nitrogen and oxygen atoms in total. The van der Waals surface area contributed by atoms with Crippen LogP contribution >= 0.6 is 11.3 Å². The molecule has 8 heteroatoms. The quantitative estimate of drug-likeness (QED) is 0.595. The van der Waals surface area contributed by atoms with E-state index in [0.29, 0.717) is 34.3 Å². The van der Waals surface area contributed by atoms with Crippen LogP contribution in [0.4, 0.5) is 10.6 Å². The Labute approximate surface area is 191 Å². The van der Waals surface area contributed by atoms with E-state index in [4.69, 9.17) is 10.5 Å². The van der Waals surface area contributed by atoms with Gasteiger partial charge >= 0.3 is 6.09 Å². The number of anilines is 1. The molecule has 0 aliphatic heterocycles. The van der Waals surface area contributed by atoms with Crippen LogP contribution in [-0.4, -0.2) is 29.2 Å². The predicted octanol–water partition coefficient (Wildman–Crippen LogP) is 4.86. The number of nitrogens with two attached hydrogens (primary N) is 1. The van der Waals surface area contributed by atoms with Crippen molar-refractivity contribution in [3.05, 3.63) is 51.6 Å². The summed E-state index contributed by atoms with van der Waals surface area (Å²) >= 11 is 1.48. The highest BCUT2D eigenvalue weighted by Gasteiger charge is 2.28. The Hall–Kier alpha value is -3.13. The average Bonchev–Trinajstić information content (AvgIpc) is 3.21. The number of nitrogens with zero attached hydrogens (tertiary/aromatic N) is 2. The van der Waals surface area contributed by atoms with Gasteiger partial charge in [-0.15, -0.1) is 11.3 Å². The Morgan fingerprint density at radius 3 is 2.41 bits per heavy atom. The fraction of sp³-hybridized carbons (Fsp3) is 0.375. The lowest BCUT2D eigenvalue weighted by Gasteiger charge is -2.29. The zero-order valence-corrected chi connectivity index (χ0v) is 20.1. The maximum Gasteiger partial charge on any atom is 0.415 e. The molecule has 1 aromatic carbocycles. The van der Waals surface area contributed by atoms with E-state index in [1.807, 2.05) is 31.4 Å². The highest BCUT2D eigenvalue weighted by Crippen LogP contribution is 2.39. The van der Waals surface area contributed by atoms with Gasteiger partial charge in [0.1, 0.15) is 11.4 Å². The highest BCUT2D eigenvalue weighted by molar-refractivity contribution is 7.13. The van der Waals surface area contributed by atoms with Crippen molar-refractivity contribution in [1.29, 1.82) is 0 Å². The monoisotopic (exact) mass is 455 g/mol. The molecular formula is C24H29N3O4S. The summed E-state index contributed by atoms with van der Waals surface area (Å²) in [5, 5.41) is 2.95. The number of rotatable bonds is 5. The summed E-state index contributed by atoms with van der Waals surface area (Å²) in [6.45, 7) is 9.80. The van der Waals surface area contributed by atoms with E-state index in [1.165, 1.54) is 16.2 Å². The van der Waals surface area contributed by atoms with Gasteiger partial charge in [-0.3, -0.25) is 19.1 Å². The molecule has 32 heavy (non-hydrogen) atoms. The predicted molar refractivity (Wildman–Crippen MR) is 130 cm³/mol. The molecule has 3 aromatic rings. The molecule has 2 heterocycles. The summed E-state index contributed by atoms with van der Waals surface area (Å²) in [5.41, 5.74) is 5.56. The minimum Gasteiger partial charge on any atom is -0.443 e. The lowest BCUT2D eigenvalue weighted by molar-refractivity contribution is 0.0586. The molecule has 0 aliphatic rings. The summed E-state index contributed by atoms with van der Waals surface area (Å²) in [5.74, 6) is -0.0102. The number of carbonyl (C=O) groups excluding carboxylic acids is 2. The van der Waals surface area contributed by atoms with E-state index in [0.717, 1.165) is 4.88 Å². The number of hydrogen-bond donors (Lipinski definition) is 1. The van der Waals surface area contributed by atoms with Crippen molar-refractivity contribution in [3.8, 4) is 10.4 Å². The van der Waals surface area contributed by atoms with Gasteiger partial charge in [0.05, 0.1) is 0 Å². The smallest absolute Gasteiger partial charge is 0.415 e. The van der Waals surface area contributed by atoms with Crippen molar-refractivity contribution >= 4 is 39.9 Å². The number of primary amides is 1. The molecule has 2 amide bonds. The fourth-order valence-corrected chi connectivity index (χ4v) is 4.33. The third kappa shape index (κ3) is 4.70. The molecule has 0 radical (unpaired) electrons. The zero-order chi connectivity index (χ0) is 23.8. The number of carbonyl (C=O) groups is 2. The first-order valence-corrected chi connectivity index (χ1v) is 11.3. The standard InChI is InChI=1S/C24H29N3O4S/c1-14(2)13-27-21(26(6)23(30)31-24(3,4)5)19(18-8-7-11-32-18)17-12-15(20(25)28)9-10-16(17)22(27)29/h7-12,14H,13H2,1-6H3,(H2,25,28). The maximum absolute atomic E-state index is 13.6. The number of pyridine rings is 1. The molecule has 0 aliphatic carbocycles. The second-order valence-electron chi connectivity index (χ2n) is 9.15. The zero-order valence-electron chi connectivity index (χ0n) is 19.3. The van der Waals surface area contributed by atoms with Gasteiger partial charge in [-0.1, -0.05) is 19.9 Å². The number of benzene rings is 1. The SMILES string of the molecule is CC(C)Cn1c(N(C)C(=O)OC(C)(C)C)c(-c2cccs2)c2cc(C(N)=O)ccc2c1=O. The summed E-state index contributed by atoms with van der Waals surface area (Å²) in [6.07, 6.45) is -0.572. The van der Waals surface area contributed by atoms with Gasteiger partial charge in [-0.2, -0.15) is 0 Å².